The van der Waals surface area contributed by atoms with Crippen LogP contribution >= 0.6 is 0 Å². The molecule has 0 aromatic carbocycles. The number of carbonyl (C=O) groups excluding carboxylic acids is 2. The second-order valence-electron chi connectivity index (χ2n) is 7.13. The van der Waals surface area contributed by atoms with Crippen molar-refractivity contribution in [2.75, 3.05) is 66.5 Å². The minimum Gasteiger partial charge on any atom is -0.354 e. The molecule has 2 saturated heterocycles. The second-order valence-corrected chi connectivity index (χ2v) is 7.13. The lowest BCUT2D eigenvalue weighted by Crippen LogP contribution is -2.57. The third kappa shape index (κ3) is 5.82. The molecule has 10 heteroatoms. The van der Waals surface area contributed by atoms with Crippen molar-refractivity contribution in [1.82, 2.24) is 25.3 Å². The van der Waals surface area contributed by atoms with Crippen molar-refractivity contribution >= 4 is 11.8 Å². The van der Waals surface area contributed by atoms with Crippen LogP contribution in [0.3, 0.4) is 0 Å². The highest BCUT2D eigenvalue weighted by molar-refractivity contribution is 5.89. The first-order valence-electron chi connectivity index (χ1n) is 8.90. The zero-order valence-electron chi connectivity index (χ0n) is 15.3. The zero-order valence-corrected chi connectivity index (χ0v) is 15.3. The highest BCUT2D eigenvalue weighted by Crippen LogP contribution is 2.25. The van der Waals surface area contributed by atoms with Crippen LogP contribution in [-0.2, 0) is 9.59 Å². The molecule has 26 heavy (non-hydrogen) atoms. The van der Waals surface area contributed by atoms with Crippen molar-refractivity contribution in [3.8, 4) is 0 Å². The van der Waals surface area contributed by atoms with E-state index in [-0.39, 0.29) is 18.9 Å². The average molecular weight is 379 g/mol. The molecule has 2 atom stereocenters. The lowest BCUT2D eigenvalue weighted by atomic mass is 10.1. The largest absolute Gasteiger partial charge is 0.405 e. The van der Waals surface area contributed by atoms with E-state index >= 15 is 0 Å². The molecule has 7 nitrogen and oxygen atoms in total. The Morgan fingerprint density at radius 1 is 1.35 bits per heavy atom. The molecule has 0 saturated carbocycles. The number of likely N-dealkylation sites (N-methyl/N-ethyl adjacent to an activating group) is 1. The van der Waals surface area contributed by atoms with Gasteiger partial charge in [-0.05, 0) is 14.1 Å². The summed E-state index contributed by atoms with van der Waals surface area (Å²) in [5, 5.41) is 5.44. The molecule has 2 aliphatic rings. The summed E-state index contributed by atoms with van der Waals surface area (Å²) in [7, 11) is 3.77. The normalized spacial score (nSPS) is 23.5. The summed E-state index contributed by atoms with van der Waals surface area (Å²) in [5.74, 6) is -1.18. The Balaban J connectivity index is 1.86. The standard InChI is InChI=1S/C16H28F3N5O2/c1-22(2)7-8-24-11-12(9-14(24)25)15(26)21-10-13(16(17,18)19)23-5-3-20-4-6-23/h12-13,20H,3-11H2,1-2H3,(H,21,26). The Morgan fingerprint density at radius 2 is 2.00 bits per heavy atom. The summed E-state index contributed by atoms with van der Waals surface area (Å²) in [6, 6.07) is -1.70. The SMILES string of the molecule is CN(C)CCN1CC(C(=O)NCC(N2CCNCC2)C(F)(F)F)CC1=O. The van der Waals surface area contributed by atoms with E-state index in [1.54, 1.807) is 4.90 Å². The highest BCUT2D eigenvalue weighted by atomic mass is 19.4. The molecular formula is C16H28F3N5O2. The number of hydrogen-bond acceptors (Lipinski definition) is 5. The molecule has 0 bridgehead atoms. The molecule has 0 radical (unpaired) electrons. The molecule has 2 fully saturated rings. The molecule has 0 aromatic rings. The van der Waals surface area contributed by atoms with Crippen molar-refractivity contribution in [2.24, 2.45) is 5.92 Å². The smallest absolute Gasteiger partial charge is 0.354 e. The lowest BCUT2D eigenvalue weighted by Gasteiger charge is -2.36. The van der Waals surface area contributed by atoms with Gasteiger partial charge in [-0.2, -0.15) is 13.2 Å². The van der Waals surface area contributed by atoms with Gasteiger partial charge in [0.25, 0.3) is 0 Å². The maximum absolute atomic E-state index is 13.4. The number of piperazine rings is 1. The van der Waals surface area contributed by atoms with Crippen molar-refractivity contribution in [1.29, 1.82) is 0 Å². The third-order valence-corrected chi connectivity index (χ3v) is 4.84. The van der Waals surface area contributed by atoms with Crippen molar-refractivity contribution < 1.29 is 22.8 Å². The van der Waals surface area contributed by atoms with Crippen LogP contribution in [0.15, 0.2) is 0 Å². The van der Waals surface area contributed by atoms with Gasteiger partial charge in [0, 0.05) is 58.8 Å². The topological polar surface area (TPSA) is 67.9 Å². The monoisotopic (exact) mass is 379 g/mol. The van der Waals surface area contributed by atoms with Crippen LogP contribution in [0.5, 0.6) is 0 Å². The molecule has 2 N–H and O–H groups in total. The van der Waals surface area contributed by atoms with E-state index in [0.717, 1.165) is 0 Å². The van der Waals surface area contributed by atoms with Crippen LogP contribution < -0.4 is 10.6 Å². The Morgan fingerprint density at radius 3 is 2.58 bits per heavy atom. The fourth-order valence-corrected chi connectivity index (χ4v) is 3.27. The fraction of sp³-hybridized carbons (Fsp3) is 0.875. The third-order valence-electron chi connectivity index (χ3n) is 4.84. The number of likely N-dealkylation sites (tertiary alicyclic amines) is 1. The summed E-state index contributed by atoms with van der Waals surface area (Å²) in [5.41, 5.74) is 0. The number of nitrogens with zero attached hydrogens (tertiary/aromatic N) is 3. The summed E-state index contributed by atoms with van der Waals surface area (Å²) >= 11 is 0. The summed E-state index contributed by atoms with van der Waals surface area (Å²) in [6.07, 6.45) is -4.35. The number of alkyl halides is 3. The molecule has 150 valence electrons. The predicted molar refractivity (Wildman–Crippen MR) is 90.5 cm³/mol. The zero-order chi connectivity index (χ0) is 19.3. The van der Waals surface area contributed by atoms with Crippen LogP contribution in [-0.4, -0.2) is 105 Å². The molecule has 2 unspecified atom stereocenters. The van der Waals surface area contributed by atoms with Gasteiger partial charge >= 0.3 is 6.18 Å². The van der Waals surface area contributed by atoms with Gasteiger partial charge < -0.3 is 20.4 Å². The van der Waals surface area contributed by atoms with Gasteiger partial charge in [-0.1, -0.05) is 0 Å². The Kier molecular flexibility index (Phi) is 7.24. The van der Waals surface area contributed by atoms with Crippen LogP contribution in [0.2, 0.25) is 0 Å². The van der Waals surface area contributed by atoms with E-state index in [2.05, 4.69) is 10.6 Å². The van der Waals surface area contributed by atoms with Crippen LogP contribution in [0.1, 0.15) is 6.42 Å². The van der Waals surface area contributed by atoms with E-state index in [1.165, 1.54) is 4.90 Å². The van der Waals surface area contributed by atoms with E-state index < -0.39 is 30.6 Å². The van der Waals surface area contributed by atoms with Crippen LogP contribution in [0, 0.1) is 5.92 Å². The van der Waals surface area contributed by atoms with E-state index in [9.17, 15) is 22.8 Å². The maximum Gasteiger partial charge on any atom is 0.405 e. The van der Waals surface area contributed by atoms with Crippen LogP contribution in [0.4, 0.5) is 13.2 Å². The van der Waals surface area contributed by atoms with Gasteiger partial charge in [-0.25, -0.2) is 0 Å². The van der Waals surface area contributed by atoms with E-state index in [0.29, 0.717) is 39.3 Å². The first kappa shape index (κ1) is 20.9. The van der Waals surface area contributed by atoms with Crippen molar-refractivity contribution in [3.63, 3.8) is 0 Å². The molecular weight excluding hydrogens is 351 g/mol. The summed E-state index contributed by atoms with van der Waals surface area (Å²) in [4.78, 5) is 29.1. The number of rotatable bonds is 7. The molecule has 0 aliphatic carbocycles. The number of carbonyl (C=O) groups is 2. The first-order valence-corrected chi connectivity index (χ1v) is 8.90. The molecule has 2 amide bonds. The lowest BCUT2D eigenvalue weighted by molar-refractivity contribution is -0.184. The molecule has 2 heterocycles. The quantitative estimate of drug-likeness (QED) is 0.615. The first-order chi connectivity index (χ1) is 12.2. The fourth-order valence-electron chi connectivity index (χ4n) is 3.27. The maximum atomic E-state index is 13.4. The van der Waals surface area contributed by atoms with E-state index in [1.807, 2.05) is 19.0 Å². The van der Waals surface area contributed by atoms with Gasteiger partial charge in [0.1, 0.15) is 6.04 Å². The Bertz CT molecular complexity index is 495. The average Bonchev–Trinajstić information content (AvgIpc) is 2.94. The predicted octanol–water partition coefficient (Wildman–Crippen LogP) is -0.651. The molecule has 0 spiro atoms. The van der Waals surface area contributed by atoms with Gasteiger partial charge in [0.15, 0.2) is 0 Å². The number of hydrogen-bond donors (Lipinski definition) is 2. The number of nitrogens with one attached hydrogen (secondary N) is 2. The van der Waals surface area contributed by atoms with Crippen LogP contribution in [0.25, 0.3) is 0 Å². The second kappa shape index (κ2) is 9.01. The summed E-state index contributed by atoms with van der Waals surface area (Å²) < 4.78 is 40.1. The van der Waals surface area contributed by atoms with Crippen molar-refractivity contribution in [3.05, 3.63) is 0 Å². The number of halogens is 3. The molecule has 2 rings (SSSR count). The number of amides is 2. The van der Waals surface area contributed by atoms with E-state index in [4.69, 9.17) is 0 Å². The minimum absolute atomic E-state index is 0.0591. The van der Waals surface area contributed by atoms with Crippen molar-refractivity contribution in [2.45, 2.75) is 18.6 Å². The Hall–Kier alpha value is -1.39. The minimum atomic E-state index is -4.41. The molecule has 0 aromatic heterocycles. The molecule has 2 aliphatic heterocycles. The van der Waals surface area contributed by atoms with Gasteiger partial charge in [-0.15, -0.1) is 0 Å². The van der Waals surface area contributed by atoms with Gasteiger partial charge in [0.05, 0.1) is 5.92 Å². The van der Waals surface area contributed by atoms with Gasteiger partial charge in [0.2, 0.25) is 11.8 Å². The summed E-state index contributed by atoms with van der Waals surface area (Å²) in [6.45, 7) is 2.56. The highest BCUT2D eigenvalue weighted by Gasteiger charge is 2.44. The Labute approximate surface area is 151 Å². The van der Waals surface area contributed by atoms with Gasteiger partial charge in [-0.3, -0.25) is 14.5 Å².